The maximum atomic E-state index is 14.1. The molecule has 1 fully saturated rings. The zero-order valence-electron chi connectivity index (χ0n) is 14.0. The van der Waals surface area contributed by atoms with Gasteiger partial charge in [-0.2, -0.15) is 0 Å². The number of nitrogens with zero attached hydrogens (tertiary/aromatic N) is 2. The SMILES string of the molecule is CCc1cc(CNC(=O)N(C2CC2)C(C)c2ccccc2F)on1. The van der Waals surface area contributed by atoms with Gasteiger partial charge in [-0.15, -0.1) is 0 Å². The van der Waals surface area contributed by atoms with E-state index in [0.717, 1.165) is 25.0 Å². The number of halogens is 1. The number of rotatable bonds is 6. The predicted molar refractivity (Wildman–Crippen MR) is 87.8 cm³/mol. The van der Waals surface area contributed by atoms with Crippen LogP contribution in [0.25, 0.3) is 0 Å². The number of carbonyl (C=O) groups excluding carboxylic acids is 1. The Morgan fingerprint density at radius 1 is 1.46 bits per heavy atom. The van der Waals surface area contributed by atoms with Gasteiger partial charge in [-0.05, 0) is 32.3 Å². The van der Waals surface area contributed by atoms with E-state index in [1.807, 2.05) is 19.9 Å². The highest BCUT2D eigenvalue weighted by molar-refractivity contribution is 5.75. The Labute approximate surface area is 140 Å². The third-order valence-electron chi connectivity index (χ3n) is 4.33. The van der Waals surface area contributed by atoms with Gasteiger partial charge in [-0.3, -0.25) is 0 Å². The third-order valence-corrected chi connectivity index (χ3v) is 4.33. The van der Waals surface area contributed by atoms with Gasteiger partial charge >= 0.3 is 6.03 Å². The highest BCUT2D eigenvalue weighted by Crippen LogP contribution is 2.35. The average Bonchev–Trinajstić information content (AvgIpc) is 3.30. The Bertz CT molecular complexity index is 712. The van der Waals surface area contributed by atoms with Crippen LogP contribution in [0.4, 0.5) is 9.18 Å². The van der Waals surface area contributed by atoms with E-state index >= 15 is 0 Å². The maximum Gasteiger partial charge on any atom is 0.318 e. The highest BCUT2D eigenvalue weighted by atomic mass is 19.1. The molecule has 0 radical (unpaired) electrons. The number of aromatic nitrogens is 1. The molecule has 1 aliphatic carbocycles. The van der Waals surface area contributed by atoms with E-state index in [0.29, 0.717) is 11.3 Å². The molecule has 1 saturated carbocycles. The van der Waals surface area contributed by atoms with Crippen LogP contribution in [0.3, 0.4) is 0 Å². The first-order valence-corrected chi connectivity index (χ1v) is 8.35. The van der Waals surface area contributed by atoms with Crippen molar-refractivity contribution >= 4 is 6.03 Å². The molecule has 0 spiro atoms. The predicted octanol–water partition coefficient (Wildman–Crippen LogP) is 3.81. The Kier molecular flexibility index (Phi) is 4.83. The van der Waals surface area contributed by atoms with Crippen molar-refractivity contribution in [2.75, 3.05) is 0 Å². The van der Waals surface area contributed by atoms with E-state index in [1.165, 1.54) is 6.07 Å². The lowest BCUT2D eigenvalue weighted by molar-refractivity contribution is 0.172. The van der Waals surface area contributed by atoms with Crippen molar-refractivity contribution in [3.8, 4) is 0 Å². The minimum atomic E-state index is -0.320. The van der Waals surface area contributed by atoms with Crippen LogP contribution in [0.5, 0.6) is 0 Å². The lowest BCUT2D eigenvalue weighted by atomic mass is 10.1. The van der Waals surface area contributed by atoms with Crippen LogP contribution in [0.2, 0.25) is 0 Å². The number of carbonyl (C=O) groups is 1. The molecule has 2 aromatic rings. The second kappa shape index (κ2) is 7.03. The molecule has 2 amide bonds. The summed E-state index contributed by atoms with van der Waals surface area (Å²) in [5.41, 5.74) is 1.39. The second-order valence-electron chi connectivity index (χ2n) is 6.13. The van der Waals surface area contributed by atoms with Crippen LogP contribution >= 0.6 is 0 Å². The van der Waals surface area contributed by atoms with Gasteiger partial charge in [-0.1, -0.05) is 30.3 Å². The molecule has 1 aromatic heterocycles. The Hall–Kier alpha value is -2.37. The summed E-state index contributed by atoms with van der Waals surface area (Å²) in [6.45, 7) is 4.13. The van der Waals surface area contributed by atoms with E-state index in [4.69, 9.17) is 4.52 Å². The van der Waals surface area contributed by atoms with E-state index in [1.54, 1.807) is 23.1 Å². The molecule has 1 aromatic carbocycles. The van der Waals surface area contributed by atoms with E-state index in [-0.39, 0.29) is 30.5 Å². The maximum absolute atomic E-state index is 14.1. The quantitative estimate of drug-likeness (QED) is 0.875. The minimum Gasteiger partial charge on any atom is -0.359 e. The number of urea groups is 1. The van der Waals surface area contributed by atoms with Crippen LogP contribution in [-0.4, -0.2) is 22.1 Å². The van der Waals surface area contributed by atoms with Crippen molar-refractivity contribution in [1.29, 1.82) is 0 Å². The molecule has 0 saturated heterocycles. The molecule has 0 aliphatic heterocycles. The molecule has 1 atom stereocenters. The molecule has 3 rings (SSSR count). The van der Waals surface area contributed by atoms with E-state index < -0.39 is 0 Å². The Morgan fingerprint density at radius 2 is 2.21 bits per heavy atom. The van der Waals surface area contributed by atoms with Gasteiger partial charge in [0.15, 0.2) is 5.76 Å². The van der Waals surface area contributed by atoms with Gasteiger partial charge in [0.05, 0.1) is 18.3 Å². The lowest BCUT2D eigenvalue weighted by Gasteiger charge is -2.30. The second-order valence-corrected chi connectivity index (χ2v) is 6.13. The van der Waals surface area contributed by atoms with Gasteiger partial charge in [0, 0.05) is 17.7 Å². The van der Waals surface area contributed by atoms with Gasteiger partial charge in [-0.25, -0.2) is 9.18 Å². The molecular formula is C18H22FN3O2. The van der Waals surface area contributed by atoms with Gasteiger partial charge in [0.2, 0.25) is 0 Å². The average molecular weight is 331 g/mol. The number of hydrogen-bond donors (Lipinski definition) is 1. The first kappa shape index (κ1) is 16.5. The monoisotopic (exact) mass is 331 g/mol. The normalized spacial score (nSPS) is 15.1. The fourth-order valence-electron chi connectivity index (χ4n) is 2.83. The summed E-state index contributed by atoms with van der Waals surface area (Å²) >= 11 is 0. The van der Waals surface area contributed by atoms with Crippen molar-refractivity contribution in [2.45, 2.75) is 51.7 Å². The zero-order valence-corrected chi connectivity index (χ0v) is 14.0. The number of nitrogens with one attached hydrogen (secondary N) is 1. The van der Waals surface area contributed by atoms with Crippen molar-refractivity contribution in [1.82, 2.24) is 15.4 Å². The summed E-state index contributed by atoms with van der Waals surface area (Å²) in [5.74, 6) is 0.334. The summed E-state index contributed by atoms with van der Waals surface area (Å²) in [5, 5.41) is 6.77. The standard InChI is InChI=1S/C18H22FN3O2/c1-3-13-10-15(24-21-13)11-20-18(23)22(14-8-9-14)12(2)16-6-4-5-7-17(16)19/h4-7,10,12,14H,3,8-9,11H2,1-2H3,(H,20,23). The smallest absolute Gasteiger partial charge is 0.318 e. The minimum absolute atomic E-state index is 0.167. The van der Waals surface area contributed by atoms with Gasteiger partial charge in [0.1, 0.15) is 5.82 Å². The molecule has 1 unspecified atom stereocenters. The van der Waals surface area contributed by atoms with Crippen molar-refractivity contribution in [3.63, 3.8) is 0 Å². The molecule has 0 bridgehead atoms. The first-order valence-electron chi connectivity index (χ1n) is 8.35. The number of benzene rings is 1. The fourth-order valence-corrected chi connectivity index (χ4v) is 2.83. The van der Waals surface area contributed by atoms with Crippen LogP contribution in [-0.2, 0) is 13.0 Å². The largest absolute Gasteiger partial charge is 0.359 e. The molecule has 5 nitrogen and oxygen atoms in total. The molecule has 6 heteroatoms. The van der Waals surface area contributed by atoms with Crippen molar-refractivity contribution < 1.29 is 13.7 Å². The lowest BCUT2D eigenvalue weighted by Crippen LogP contribution is -2.42. The van der Waals surface area contributed by atoms with Gasteiger partial charge < -0.3 is 14.7 Å². The summed E-state index contributed by atoms with van der Waals surface area (Å²) in [4.78, 5) is 14.4. The summed E-state index contributed by atoms with van der Waals surface area (Å²) in [6.07, 6.45) is 2.69. The Balaban J connectivity index is 1.68. The fraction of sp³-hybridized carbons (Fsp3) is 0.444. The number of amides is 2. The first-order chi connectivity index (χ1) is 11.6. The topological polar surface area (TPSA) is 58.4 Å². The number of hydrogen-bond acceptors (Lipinski definition) is 3. The zero-order chi connectivity index (χ0) is 17.1. The highest BCUT2D eigenvalue weighted by Gasteiger charge is 2.37. The molecule has 1 N–H and O–H groups in total. The molecular weight excluding hydrogens is 309 g/mol. The van der Waals surface area contributed by atoms with E-state index in [9.17, 15) is 9.18 Å². The summed E-state index contributed by atoms with van der Waals surface area (Å²) in [6, 6.07) is 8.08. The van der Waals surface area contributed by atoms with Crippen LogP contribution in [0.1, 0.15) is 49.7 Å². The number of aryl methyl sites for hydroxylation is 1. The summed E-state index contributed by atoms with van der Waals surface area (Å²) in [7, 11) is 0. The molecule has 128 valence electrons. The molecule has 1 heterocycles. The molecule has 24 heavy (non-hydrogen) atoms. The van der Waals surface area contributed by atoms with Crippen molar-refractivity contribution in [3.05, 3.63) is 53.2 Å². The Morgan fingerprint density at radius 3 is 2.83 bits per heavy atom. The van der Waals surface area contributed by atoms with Crippen LogP contribution < -0.4 is 5.32 Å². The van der Waals surface area contributed by atoms with Crippen LogP contribution in [0.15, 0.2) is 34.9 Å². The van der Waals surface area contributed by atoms with Crippen LogP contribution in [0, 0.1) is 5.82 Å². The van der Waals surface area contributed by atoms with Crippen molar-refractivity contribution in [2.24, 2.45) is 0 Å². The summed E-state index contributed by atoms with van der Waals surface area (Å²) < 4.78 is 19.2. The molecule has 1 aliphatic rings. The van der Waals surface area contributed by atoms with E-state index in [2.05, 4.69) is 10.5 Å². The third kappa shape index (κ3) is 3.58. The van der Waals surface area contributed by atoms with Gasteiger partial charge in [0.25, 0.3) is 0 Å².